The van der Waals surface area contributed by atoms with Gasteiger partial charge in [0.25, 0.3) is 0 Å². The molecule has 5 nitrogen and oxygen atoms in total. The second-order valence-electron chi connectivity index (χ2n) is 3.12. The Morgan fingerprint density at radius 3 is 3.06 bits per heavy atom. The minimum absolute atomic E-state index is 0.445. The maximum Gasteiger partial charge on any atom is 0.165 e. The molecule has 0 radical (unpaired) electrons. The molecule has 0 spiro atoms. The SMILES string of the molecule is CCn1cc(Oc2cnccc2C#N)cn1. The van der Waals surface area contributed by atoms with Crippen molar-refractivity contribution in [3.05, 3.63) is 36.4 Å². The number of ether oxygens (including phenoxy) is 1. The Labute approximate surface area is 92.9 Å². The maximum atomic E-state index is 8.87. The molecule has 0 saturated carbocycles. The van der Waals surface area contributed by atoms with Gasteiger partial charge in [0.1, 0.15) is 6.07 Å². The van der Waals surface area contributed by atoms with Crippen molar-refractivity contribution in [2.24, 2.45) is 0 Å². The molecule has 0 fully saturated rings. The number of nitriles is 1. The zero-order valence-corrected chi connectivity index (χ0v) is 8.79. The van der Waals surface area contributed by atoms with E-state index in [2.05, 4.69) is 10.1 Å². The molecule has 2 aromatic rings. The summed E-state index contributed by atoms with van der Waals surface area (Å²) in [6.45, 7) is 2.77. The predicted molar refractivity (Wildman–Crippen MR) is 56.9 cm³/mol. The lowest BCUT2D eigenvalue weighted by Gasteiger charge is -2.02. The van der Waals surface area contributed by atoms with Gasteiger partial charge >= 0.3 is 0 Å². The van der Waals surface area contributed by atoms with Gasteiger partial charge in [-0.25, -0.2) is 0 Å². The number of hydrogen-bond donors (Lipinski definition) is 0. The Morgan fingerprint density at radius 1 is 1.50 bits per heavy atom. The van der Waals surface area contributed by atoms with Crippen LogP contribution in [0.25, 0.3) is 0 Å². The summed E-state index contributed by atoms with van der Waals surface area (Å²) in [7, 11) is 0. The van der Waals surface area contributed by atoms with Gasteiger partial charge in [0.15, 0.2) is 11.5 Å². The molecule has 16 heavy (non-hydrogen) atoms. The number of aromatic nitrogens is 3. The summed E-state index contributed by atoms with van der Waals surface area (Å²) < 4.78 is 7.26. The van der Waals surface area contributed by atoms with Gasteiger partial charge < -0.3 is 4.74 Å². The molecule has 0 saturated heterocycles. The fraction of sp³-hybridized carbons (Fsp3) is 0.182. The van der Waals surface area contributed by atoms with Gasteiger partial charge in [-0.2, -0.15) is 10.4 Å². The van der Waals surface area contributed by atoms with Crippen LogP contribution in [0.15, 0.2) is 30.9 Å². The van der Waals surface area contributed by atoms with Crippen LogP contribution in [0.1, 0.15) is 12.5 Å². The van der Waals surface area contributed by atoms with Crippen LogP contribution in [0.5, 0.6) is 11.5 Å². The average Bonchev–Trinajstić information content (AvgIpc) is 2.77. The van der Waals surface area contributed by atoms with Crippen LogP contribution in [0.3, 0.4) is 0 Å². The van der Waals surface area contributed by atoms with E-state index >= 15 is 0 Å². The molecule has 0 aliphatic carbocycles. The highest BCUT2D eigenvalue weighted by atomic mass is 16.5. The predicted octanol–water partition coefficient (Wildman–Crippen LogP) is 1.96. The van der Waals surface area contributed by atoms with E-state index in [1.54, 1.807) is 29.3 Å². The Balaban J connectivity index is 2.24. The fourth-order valence-corrected chi connectivity index (χ4v) is 1.25. The highest BCUT2D eigenvalue weighted by Gasteiger charge is 2.05. The number of aryl methyl sites for hydroxylation is 1. The smallest absolute Gasteiger partial charge is 0.165 e. The topological polar surface area (TPSA) is 63.7 Å². The van der Waals surface area contributed by atoms with Gasteiger partial charge in [-0.05, 0) is 13.0 Å². The van der Waals surface area contributed by atoms with E-state index in [1.807, 2.05) is 13.0 Å². The molecule has 2 aromatic heterocycles. The van der Waals surface area contributed by atoms with Gasteiger partial charge in [0.2, 0.25) is 0 Å². The van der Waals surface area contributed by atoms with Crippen molar-refractivity contribution in [3.8, 4) is 17.6 Å². The van der Waals surface area contributed by atoms with Gasteiger partial charge in [-0.1, -0.05) is 0 Å². The van der Waals surface area contributed by atoms with Crippen molar-refractivity contribution in [3.63, 3.8) is 0 Å². The molecule has 2 heterocycles. The molecule has 0 aliphatic heterocycles. The quantitative estimate of drug-likeness (QED) is 0.783. The van der Waals surface area contributed by atoms with Gasteiger partial charge in [0, 0.05) is 12.7 Å². The van der Waals surface area contributed by atoms with Crippen molar-refractivity contribution in [1.82, 2.24) is 14.8 Å². The van der Waals surface area contributed by atoms with E-state index in [-0.39, 0.29) is 0 Å². The summed E-state index contributed by atoms with van der Waals surface area (Å²) in [5, 5.41) is 12.9. The van der Waals surface area contributed by atoms with Crippen molar-refractivity contribution in [1.29, 1.82) is 5.26 Å². The number of rotatable bonds is 3. The summed E-state index contributed by atoms with van der Waals surface area (Å²) in [5.74, 6) is 1.05. The van der Waals surface area contributed by atoms with Crippen LogP contribution in [-0.4, -0.2) is 14.8 Å². The number of hydrogen-bond acceptors (Lipinski definition) is 4. The molecule has 0 aliphatic rings. The zero-order valence-electron chi connectivity index (χ0n) is 8.79. The lowest BCUT2D eigenvalue weighted by molar-refractivity contribution is 0.477. The summed E-state index contributed by atoms with van der Waals surface area (Å²) >= 11 is 0. The molecule has 2 rings (SSSR count). The lowest BCUT2D eigenvalue weighted by Crippen LogP contribution is -1.92. The second-order valence-corrected chi connectivity index (χ2v) is 3.12. The minimum Gasteiger partial charge on any atom is -0.451 e. The van der Waals surface area contributed by atoms with Crippen molar-refractivity contribution in [2.75, 3.05) is 0 Å². The van der Waals surface area contributed by atoms with Crippen LogP contribution in [0.2, 0.25) is 0 Å². The molecule has 0 aromatic carbocycles. The maximum absolute atomic E-state index is 8.87. The fourth-order valence-electron chi connectivity index (χ4n) is 1.25. The largest absolute Gasteiger partial charge is 0.451 e. The Bertz CT molecular complexity index is 527. The summed E-state index contributed by atoms with van der Waals surface area (Å²) in [6, 6.07) is 3.66. The zero-order chi connectivity index (χ0) is 11.4. The first kappa shape index (κ1) is 10.2. The molecule has 0 amide bonds. The molecule has 0 bridgehead atoms. The molecule has 0 atom stereocenters. The van der Waals surface area contributed by atoms with Gasteiger partial charge in [0.05, 0.1) is 24.2 Å². The Kier molecular flexibility index (Phi) is 2.83. The van der Waals surface area contributed by atoms with Crippen LogP contribution in [0.4, 0.5) is 0 Å². The highest BCUT2D eigenvalue weighted by Crippen LogP contribution is 2.22. The standard InChI is InChI=1S/C11H10N4O/c1-2-15-8-10(6-14-15)16-11-7-13-4-3-9(11)5-12/h3-4,6-8H,2H2,1H3. The third-order valence-corrected chi connectivity index (χ3v) is 2.07. The molecule has 80 valence electrons. The van der Waals surface area contributed by atoms with Crippen molar-refractivity contribution < 1.29 is 4.74 Å². The molecular formula is C11H10N4O. The van der Waals surface area contributed by atoms with E-state index in [0.717, 1.165) is 6.54 Å². The van der Waals surface area contributed by atoms with Crippen LogP contribution in [-0.2, 0) is 6.54 Å². The van der Waals surface area contributed by atoms with Gasteiger partial charge in [-0.3, -0.25) is 9.67 Å². The van der Waals surface area contributed by atoms with E-state index in [1.165, 1.54) is 6.20 Å². The highest BCUT2D eigenvalue weighted by molar-refractivity contribution is 5.42. The summed E-state index contributed by atoms with van der Waals surface area (Å²) in [5.41, 5.74) is 0.458. The van der Waals surface area contributed by atoms with Crippen molar-refractivity contribution >= 4 is 0 Å². The number of pyridine rings is 1. The molecule has 0 unspecified atom stereocenters. The monoisotopic (exact) mass is 214 g/mol. The van der Waals surface area contributed by atoms with Crippen molar-refractivity contribution in [2.45, 2.75) is 13.5 Å². The third-order valence-electron chi connectivity index (χ3n) is 2.07. The van der Waals surface area contributed by atoms with Crippen LogP contribution in [0, 0.1) is 11.3 Å². The first-order valence-electron chi connectivity index (χ1n) is 4.88. The van der Waals surface area contributed by atoms with E-state index in [4.69, 9.17) is 10.00 Å². The molecular weight excluding hydrogens is 204 g/mol. The summed E-state index contributed by atoms with van der Waals surface area (Å²) in [4.78, 5) is 3.91. The third kappa shape index (κ3) is 2.01. The minimum atomic E-state index is 0.445. The van der Waals surface area contributed by atoms with E-state index < -0.39 is 0 Å². The van der Waals surface area contributed by atoms with E-state index in [9.17, 15) is 0 Å². The summed E-state index contributed by atoms with van der Waals surface area (Å²) in [6.07, 6.45) is 6.45. The van der Waals surface area contributed by atoms with Gasteiger partial charge in [-0.15, -0.1) is 0 Å². The Morgan fingerprint density at radius 2 is 2.38 bits per heavy atom. The lowest BCUT2D eigenvalue weighted by atomic mass is 10.3. The Hall–Kier alpha value is -2.35. The average molecular weight is 214 g/mol. The first-order chi connectivity index (χ1) is 7.83. The number of nitrogens with zero attached hydrogens (tertiary/aromatic N) is 4. The molecule has 5 heteroatoms. The second kappa shape index (κ2) is 4.45. The normalized spacial score (nSPS) is 9.75. The van der Waals surface area contributed by atoms with Crippen LogP contribution >= 0.6 is 0 Å². The molecule has 0 N–H and O–H groups in total. The van der Waals surface area contributed by atoms with Crippen LogP contribution < -0.4 is 4.74 Å². The van der Waals surface area contributed by atoms with E-state index in [0.29, 0.717) is 17.1 Å². The first-order valence-corrected chi connectivity index (χ1v) is 4.88.